The van der Waals surface area contributed by atoms with Crippen LogP contribution in [0.5, 0.6) is 0 Å². The van der Waals surface area contributed by atoms with Gasteiger partial charge in [0.15, 0.2) is 9.84 Å². The quantitative estimate of drug-likeness (QED) is 0.623. The van der Waals surface area contributed by atoms with Gasteiger partial charge in [-0.1, -0.05) is 53.8 Å². The predicted octanol–water partition coefficient (Wildman–Crippen LogP) is 3.66. The maximum absolute atomic E-state index is 12.8. The number of thioether (sulfide) groups is 1. The molecule has 0 saturated carbocycles. The zero-order valence-corrected chi connectivity index (χ0v) is 17.9. The molecule has 3 aromatic rings. The number of aromatic nitrogens is 2. The van der Waals surface area contributed by atoms with Crippen molar-refractivity contribution in [1.82, 2.24) is 10.2 Å². The lowest BCUT2D eigenvalue weighted by molar-refractivity contribution is 0.102. The molecule has 0 radical (unpaired) electrons. The molecule has 6 nitrogen and oxygen atoms in total. The number of anilines is 1. The van der Waals surface area contributed by atoms with E-state index < -0.39 is 9.84 Å². The lowest BCUT2D eigenvalue weighted by Crippen LogP contribution is -2.14. The van der Waals surface area contributed by atoms with Gasteiger partial charge in [-0.3, -0.25) is 10.1 Å². The highest BCUT2D eigenvalue weighted by Crippen LogP contribution is 2.33. The lowest BCUT2D eigenvalue weighted by Gasteiger charge is -2.11. The minimum atomic E-state index is -2.96. The van der Waals surface area contributed by atoms with Gasteiger partial charge in [0.1, 0.15) is 5.01 Å². The van der Waals surface area contributed by atoms with E-state index in [2.05, 4.69) is 15.5 Å². The molecule has 1 aromatic heterocycles. The Morgan fingerprint density at radius 3 is 2.62 bits per heavy atom. The smallest absolute Gasteiger partial charge is 0.258 e. The van der Waals surface area contributed by atoms with Crippen LogP contribution < -0.4 is 5.32 Å². The summed E-state index contributed by atoms with van der Waals surface area (Å²) in [6, 6.07) is 17.2. The zero-order valence-electron chi connectivity index (χ0n) is 15.4. The standard InChI is InChI=1S/C20H19N3O3S3/c24-19(21-20-23-22-18(28-20)12-14-6-2-1-3-7-14)16-8-4-5-9-17(16)27-15-10-11-29(25,26)13-15/h1-9,15H,10-13H2,(H,21,23,24). The molecule has 29 heavy (non-hydrogen) atoms. The number of nitrogens with zero attached hydrogens (tertiary/aromatic N) is 2. The van der Waals surface area contributed by atoms with E-state index in [1.165, 1.54) is 23.1 Å². The van der Waals surface area contributed by atoms with E-state index in [0.717, 1.165) is 15.5 Å². The molecule has 1 aliphatic heterocycles. The van der Waals surface area contributed by atoms with Crippen molar-refractivity contribution in [3.63, 3.8) is 0 Å². The molecule has 1 saturated heterocycles. The third kappa shape index (κ3) is 5.23. The van der Waals surface area contributed by atoms with Crippen LogP contribution in [0.25, 0.3) is 0 Å². The van der Waals surface area contributed by atoms with Crippen molar-refractivity contribution in [3.8, 4) is 0 Å². The van der Waals surface area contributed by atoms with Gasteiger partial charge >= 0.3 is 0 Å². The Morgan fingerprint density at radius 2 is 1.86 bits per heavy atom. The Morgan fingerprint density at radius 1 is 1.10 bits per heavy atom. The van der Waals surface area contributed by atoms with Crippen molar-refractivity contribution < 1.29 is 13.2 Å². The Hall–Kier alpha value is -2.23. The van der Waals surface area contributed by atoms with Crippen LogP contribution in [0, 0.1) is 0 Å². The molecule has 0 spiro atoms. The third-order valence-corrected chi connectivity index (χ3v) is 8.66. The highest BCUT2D eigenvalue weighted by atomic mass is 32.2. The normalized spacial score (nSPS) is 17.9. The number of rotatable bonds is 6. The van der Waals surface area contributed by atoms with Gasteiger partial charge in [-0.05, 0) is 24.1 Å². The second-order valence-electron chi connectivity index (χ2n) is 6.76. The zero-order chi connectivity index (χ0) is 20.3. The molecule has 0 bridgehead atoms. The van der Waals surface area contributed by atoms with Crippen LogP contribution in [-0.2, 0) is 16.3 Å². The summed E-state index contributed by atoms with van der Waals surface area (Å²) >= 11 is 2.80. The first-order chi connectivity index (χ1) is 14.0. The van der Waals surface area contributed by atoms with Crippen molar-refractivity contribution in [2.45, 2.75) is 23.0 Å². The SMILES string of the molecule is O=C(Nc1nnc(Cc2ccccc2)s1)c1ccccc1SC1CCS(=O)(=O)C1. The molecule has 1 aliphatic rings. The number of carbonyl (C=O) groups is 1. The topological polar surface area (TPSA) is 89.0 Å². The molecule has 1 unspecified atom stereocenters. The van der Waals surface area contributed by atoms with Crippen molar-refractivity contribution >= 4 is 44.0 Å². The number of amides is 1. The van der Waals surface area contributed by atoms with E-state index >= 15 is 0 Å². The Bertz CT molecular complexity index is 1110. The maximum atomic E-state index is 12.8. The van der Waals surface area contributed by atoms with E-state index in [0.29, 0.717) is 23.5 Å². The number of benzene rings is 2. The number of hydrogen-bond acceptors (Lipinski definition) is 7. The van der Waals surface area contributed by atoms with Crippen LogP contribution in [0.4, 0.5) is 5.13 Å². The van der Waals surface area contributed by atoms with Gasteiger partial charge in [0, 0.05) is 16.6 Å². The highest BCUT2D eigenvalue weighted by Gasteiger charge is 2.29. The van der Waals surface area contributed by atoms with E-state index in [-0.39, 0.29) is 22.7 Å². The first kappa shape index (κ1) is 20.1. The average molecular weight is 446 g/mol. The monoisotopic (exact) mass is 445 g/mol. The number of carbonyl (C=O) groups excluding carboxylic acids is 1. The van der Waals surface area contributed by atoms with Crippen LogP contribution in [0.2, 0.25) is 0 Å². The van der Waals surface area contributed by atoms with Crippen LogP contribution in [0.15, 0.2) is 59.5 Å². The van der Waals surface area contributed by atoms with Gasteiger partial charge in [-0.2, -0.15) is 0 Å². The second kappa shape index (κ2) is 8.64. The fourth-order valence-corrected chi connectivity index (χ4v) is 7.50. The summed E-state index contributed by atoms with van der Waals surface area (Å²) in [6.07, 6.45) is 1.28. The minimum absolute atomic E-state index is 0.0204. The third-order valence-electron chi connectivity index (χ3n) is 4.50. The minimum Gasteiger partial charge on any atom is -0.296 e. The number of nitrogens with one attached hydrogen (secondary N) is 1. The van der Waals surface area contributed by atoms with Crippen molar-refractivity contribution in [3.05, 3.63) is 70.7 Å². The fraction of sp³-hybridized carbons (Fsp3) is 0.250. The predicted molar refractivity (Wildman–Crippen MR) is 116 cm³/mol. The summed E-state index contributed by atoms with van der Waals surface area (Å²) < 4.78 is 23.4. The first-order valence-electron chi connectivity index (χ1n) is 9.12. The van der Waals surface area contributed by atoms with Gasteiger partial charge in [0.2, 0.25) is 5.13 Å². The molecule has 4 rings (SSSR count). The number of hydrogen-bond donors (Lipinski definition) is 1. The molecule has 1 atom stereocenters. The molecule has 2 aromatic carbocycles. The van der Waals surface area contributed by atoms with Crippen molar-refractivity contribution in [1.29, 1.82) is 0 Å². The summed E-state index contributed by atoms with van der Waals surface area (Å²) in [7, 11) is -2.96. The lowest BCUT2D eigenvalue weighted by atomic mass is 10.2. The van der Waals surface area contributed by atoms with Crippen molar-refractivity contribution in [2.24, 2.45) is 0 Å². The summed E-state index contributed by atoms with van der Waals surface area (Å²) in [5.41, 5.74) is 1.65. The van der Waals surface area contributed by atoms with Crippen molar-refractivity contribution in [2.75, 3.05) is 16.8 Å². The Balaban J connectivity index is 1.44. The number of sulfone groups is 1. The molecule has 0 aliphatic carbocycles. The molecule has 2 heterocycles. The van der Waals surface area contributed by atoms with Crippen LogP contribution >= 0.6 is 23.1 Å². The Kier molecular flexibility index (Phi) is 5.98. The van der Waals surface area contributed by atoms with E-state index in [9.17, 15) is 13.2 Å². The van der Waals surface area contributed by atoms with Gasteiger partial charge in [0.05, 0.1) is 17.1 Å². The van der Waals surface area contributed by atoms with Crippen LogP contribution in [0.1, 0.15) is 27.3 Å². The maximum Gasteiger partial charge on any atom is 0.258 e. The average Bonchev–Trinajstić information content (AvgIpc) is 3.28. The highest BCUT2D eigenvalue weighted by molar-refractivity contribution is 8.02. The molecular weight excluding hydrogens is 426 g/mol. The fourth-order valence-electron chi connectivity index (χ4n) is 3.10. The molecule has 1 N–H and O–H groups in total. The summed E-state index contributed by atoms with van der Waals surface area (Å²) in [5.74, 6) is 0.109. The van der Waals surface area contributed by atoms with Gasteiger partial charge in [-0.25, -0.2) is 8.42 Å². The molecule has 1 amide bonds. The molecular formula is C20H19N3O3S3. The summed E-state index contributed by atoms with van der Waals surface area (Å²) in [6.45, 7) is 0. The van der Waals surface area contributed by atoms with E-state index in [1.807, 2.05) is 42.5 Å². The van der Waals surface area contributed by atoms with E-state index in [1.54, 1.807) is 12.1 Å². The summed E-state index contributed by atoms with van der Waals surface area (Å²) in [4.78, 5) is 13.6. The summed E-state index contributed by atoms with van der Waals surface area (Å²) in [5, 5.41) is 12.3. The van der Waals surface area contributed by atoms with Gasteiger partial charge in [-0.15, -0.1) is 22.0 Å². The first-order valence-corrected chi connectivity index (χ1v) is 12.6. The van der Waals surface area contributed by atoms with Gasteiger partial charge in [0.25, 0.3) is 5.91 Å². The second-order valence-corrected chi connectivity index (χ2v) is 11.4. The molecule has 9 heteroatoms. The molecule has 1 fully saturated rings. The molecule has 150 valence electrons. The van der Waals surface area contributed by atoms with Crippen LogP contribution in [-0.4, -0.2) is 41.3 Å². The van der Waals surface area contributed by atoms with Gasteiger partial charge < -0.3 is 0 Å². The van der Waals surface area contributed by atoms with E-state index in [4.69, 9.17) is 0 Å². The van der Waals surface area contributed by atoms with Crippen LogP contribution in [0.3, 0.4) is 0 Å². The largest absolute Gasteiger partial charge is 0.296 e. The Labute approximate surface area is 177 Å².